The molecule has 0 amide bonds. The van der Waals surface area contributed by atoms with Crippen molar-refractivity contribution in [1.29, 1.82) is 0 Å². The van der Waals surface area contributed by atoms with Crippen molar-refractivity contribution in [3.05, 3.63) is 39.6 Å². The summed E-state index contributed by atoms with van der Waals surface area (Å²) in [6.45, 7) is 0. The van der Waals surface area contributed by atoms with Crippen molar-refractivity contribution in [2.45, 2.75) is 0 Å². The Kier molecular flexibility index (Phi) is 2.87. The van der Waals surface area contributed by atoms with E-state index in [1.807, 2.05) is 30.3 Å². The molecule has 0 saturated carbocycles. The van der Waals surface area contributed by atoms with E-state index in [0.717, 1.165) is 15.0 Å². The summed E-state index contributed by atoms with van der Waals surface area (Å²) < 4.78 is 5.85. The Morgan fingerprint density at radius 2 is 2.00 bits per heavy atom. The summed E-state index contributed by atoms with van der Waals surface area (Å²) >= 11 is 3.34. The van der Waals surface area contributed by atoms with Crippen molar-refractivity contribution in [3.63, 3.8) is 0 Å². The number of para-hydroxylation sites is 1. The molecule has 0 aliphatic carbocycles. The molecule has 0 aliphatic rings. The van der Waals surface area contributed by atoms with Gasteiger partial charge in [-0.3, -0.25) is 0 Å². The Balaban J connectivity index is 2.48. The van der Waals surface area contributed by atoms with Gasteiger partial charge in [0.15, 0.2) is 9.27 Å². The highest BCUT2D eigenvalue weighted by atomic mass is 79.9. The zero-order chi connectivity index (χ0) is 9.10. The van der Waals surface area contributed by atoms with Gasteiger partial charge in [0, 0.05) is 10.5 Å². The first-order chi connectivity index (χ1) is 6.36. The van der Waals surface area contributed by atoms with Crippen LogP contribution in [0.15, 0.2) is 39.9 Å². The standard InChI is InChI=1S/C8H5BrN2S2/c9-7-8(12-13-11-7)10-6-4-2-1-3-5-6/h1-5H. The molecule has 0 unspecified atom stereocenters. The van der Waals surface area contributed by atoms with Gasteiger partial charge in [0.1, 0.15) is 0 Å². The maximum absolute atomic E-state index is 4.42. The fourth-order valence-corrected chi connectivity index (χ4v) is 3.47. The molecular weight excluding hydrogens is 268 g/mol. The number of hydrogen-bond donors (Lipinski definition) is 0. The zero-order valence-electron chi connectivity index (χ0n) is 6.48. The fourth-order valence-electron chi connectivity index (χ4n) is 0.845. The first-order valence-electron chi connectivity index (χ1n) is 3.57. The quantitative estimate of drug-likeness (QED) is 0.732. The Morgan fingerprint density at radius 3 is 2.62 bits per heavy atom. The van der Waals surface area contributed by atoms with Gasteiger partial charge in [-0.1, -0.05) is 18.2 Å². The molecule has 2 nitrogen and oxygen atoms in total. The maximum atomic E-state index is 4.42. The van der Waals surface area contributed by atoms with Crippen LogP contribution in [0.2, 0.25) is 0 Å². The van der Waals surface area contributed by atoms with Gasteiger partial charge >= 0.3 is 0 Å². The van der Waals surface area contributed by atoms with Crippen LogP contribution in [-0.2, 0) is 0 Å². The Bertz CT molecular complexity index is 446. The molecule has 0 atom stereocenters. The summed E-state index contributed by atoms with van der Waals surface area (Å²) in [6.07, 6.45) is 0. The van der Waals surface area contributed by atoms with Crippen LogP contribution in [0, 0.1) is 0 Å². The highest BCUT2D eigenvalue weighted by Gasteiger charge is 1.95. The van der Waals surface area contributed by atoms with Crippen LogP contribution in [0.25, 0.3) is 0 Å². The molecule has 0 bridgehead atoms. The summed E-state index contributed by atoms with van der Waals surface area (Å²) in [7, 11) is 3.00. The smallest absolute Gasteiger partial charge is 0.162 e. The Morgan fingerprint density at radius 1 is 1.23 bits per heavy atom. The van der Waals surface area contributed by atoms with Crippen LogP contribution in [0.3, 0.4) is 0 Å². The van der Waals surface area contributed by atoms with E-state index in [1.165, 1.54) is 10.5 Å². The topological polar surface area (TPSA) is 25.2 Å². The molecule has 1 aromatic carbocycles. The Labute approximate surface area is 91.3 Å². The van der Waals surface area contributed by atoms with Crippen molar-refractivity contribution in [2.24, 2.45) is 4.99 Å². The van der Waals surface area contributed by atoms with E-state index in [-0.39, 0.29) is 0 Å². The lowest BCUT2D eigenvalue weighted by atomic mass is 10.3. The predicted octanol–water partition coefficient (Wildman–Crippen LogP) is 3.20. The molecule has 2 aromatic rings. The molecule has 5 heteroatoms. The largest absolute Gasteiger partial charge is 0.234 e. The van der Waals surface area contributed by atoms with E-state index in [9.17, 15) is 0 Å². The highest BCUT2D eigenvalue weighted by Crippen LogP contribution is 2.12. The molecule has 2 rings (SSSR count). The van der Waals surface area contributed by atoms with Crippen LogP contribution in [0.5, 0.6) is 0 Å². The van der Waals surface area contributed by atoms with Crippen molar-refractivity contribution in [3.8, 4) is 0 Å². The molecular formula is C8H5BrN2S2. The van der Waals surface area contributed by atoms with E-state index < -0.39 is 0 Å². The summed E-state index contributed by atoms with van der Waals surface area (Å²) in [5.74, 6) is 0. The van der Waals surface area contributed by atoms with Crippen LogP contribution in [0.4, 0.5) is 5.69 Å². The normalized spacial score (nSPS) is 11.9. The molecule has 66 valence electrons. The van der Waals surface area contributed by atoms with Crippen LogP contribution < -0.4 is 4.67 Å². The van der Waals surface area contributed by atoms with Gasteiger partial charge in [-0.05, 0) is 38.4 Å². The minimum Gasteiger partial charge on any atom is -0.234 e. The molecule has 0 radical (unpaired) electrons. The van der Waals surface area contributed by atoms with Gasteiger partial charge in [0.05, 0.1) is 5.69 Å². The molecule has 0 spiro atoms. The molecule has 0 fully saturated rings. The van der Waals surface area contributed by atoms with Gasteiger partial charge in [0.25, 0.3) is 0 Å². The summed E-state index contributed by atoms with van der Waals surface area (Å²) in [6, 6.07) is 9.85. The highest BCUT2D eigenvalue weighted by molar-refractivity contribution is 9.10. The molecule has 0 saturated heterocycles. The van der Waals surface area contributed by atoms with Gasteiger partial charge in [-0.25, -0.2) is 4.99 Å². The minimum atomic E-state index is 0.825. The van der Waals surface area contributed by atoms with E-state index in [0.29, 0.717) is 0 Å². The van der Waals surface area contributed by atoms with Gasteiger partial charge < -0.3 is 0 Å². The number of halogens is 1. The molecule has 13 heavy (non-hydrogen) atoms. The van der Waals surface area contributed by atoms with Crippen LogP contribution >= 0.6 is 36.8 Å². The fraction of sp³-hybridized carbons (Fsp3) is 0. The van der Waals surface area contributed by atoms with Gasteiger partial charge in [-0.15, -0.1) is 0 Å². The number of hydrogen-bond acceptors (Lipinski definition) is 4. The summed E-state index contributed by atoms with van der Waals surface area (Å²) in [4.78, 5) is 4.42. The predicted molar refractivity (Wildman–Crippen MR) is 59.4 cm³/mol. The third-order valence-electron chi connectivity index (χ3n) is 1.40. The average molecular weight is 273 g/mol. The Hall–Kier alpha value is -0.520. The van der Waals surface area contributed by atoms with Crippen LogP contribution in [0.1, 0.15) is 0 Å². The van der Waals surface area contributed by atoms with E-state index >= 15 is 0 Å². The maximum Gasteiger partial charge on any atom is 0.162 e. The number of benzene rings is 1. The third kappa shape index (κ3) is 2.24. The lowest BCUT2D eigenvalue weighted by Gasteiger charge is -1.88. The first kappa shape index (κ1) is 9.05. The van der Waals surface area contributed by atoms with Crippen LogP contribution in [-0.4, -0.2) is 4.37 Å². The lowest BCUT2D eigenvalue weighted by molar-refractivity contribution is 1.33. The number of nitrogens with zero attached hydrogens (tertiary/aromatic N) is 2. The van der Waals surface area contributed by atoms with Crippen molar-refractivity contribution in [1.82, 2.24) is 4.37 Å². The zero-order valence-corrected chi connectivity index (χ0v) is 9.69. The second-order valence-corrected chi connectivity index (χ2v) is 4.88. The molecule has 0 aliphatic heterocycles. The lowest BCUT2D eigenvalue weighted by Crippen LogP contribution is -1.92. The van der Waals surface area contributed by atoms with E-state index in [4.69, 9.17) is 0 Å². The second-order valence-electron chi connectivity index (χ2n) is 2.29. The van der Waals surface area contributed by atoms with Crippen molar-refractivity contribution >= 4 is 42.5 Å². The molecule has 1 heterocycles. The minimum absolute atomic E-state index is 0.825. The van der Waals surface area contributed by atoms with E-state index in [1.54, 1.807) is 10.3 Å². The van der Waals surface area contributed by atoms with Gasteiger partial charge in [0.2, 0.25) is 0 Å². The molecule has 1 aromatic heterocycles. The monoisotopic (exact) mass is 272 g/mol. The third-order valence-corrected chi connectivity index (χ3v) is 4.14. The van der Waals surface area contributed by atoms with Gasteiger partial charge in [-0.2, -0.15) is 4.37 Å². The first-order valence-corrected chi connectivity index (χ1v) is 6.47. The van der Waals surface area contributed by atoms with E-state index in [2.05, 4.69) is 25.3 Å². The second kappa shape index (κ2) is 4.13. The number of aromatic nitrogens is 1. The SMILES string of the molecule is Brc1nssc1=Nc1ccccc1. The molecule has 0 N–H and O–H groups in total. The summed E-state index contributed by atoms with van der Waals surface area (Å²) in [5, 5.41) is 0. The van der Waals surface area contributed by atoms with Crippen molar-refractivity contribution < 1.29 is 0 Å². The number of rotatable bonds is 1. The average Bonchev–Trinajstić information content (AvgIpc) is 2.54. The summed E-state index contributed by atoms with van der Waals surface area (Å²) in [5.41, 5.74) is 0.958. The van der Waals surface area contributed by atoms with Crippen molar-refractivity contribution in [2.75, 3.05) is 0 Å².